The molecule has 15 heavy (non-hydrogen) atoms. The number of carboxylic acid groups (broad SMARTS) is 1. The number of amides is 2. The zero-order chi connectivity index (χ0) is 11.8. The Hall–Kier alpha value is -1.06. The highest BCUT2D eigenvalue weighted by Gasteiger charge is 2.25. The Balaban J connectivity index is 4.40. The molecule has 88 valence electrons. The lowest BCUT2D eigenvalue weighted by molar-refractivity contribution is -0.133. The summed E-state index contributed by atoms with van der Waals surface area (Å²) in [5, 5.41) is 8.82. The Kier molecular flexibility index (Phi) is 6.75. The minimum Gasteiger partial charge on any atom is -0.465 e. The molecule has 4 heteroatoms. The van der Waals surface area contributed by atoms with E-state index >= 15 is 0 Å². The minimum absolute atomic E-state index is 0.138. The molecule has 0 heterocycles. The number of hydrogen-bond acceptors (Lipinski definition) is 2. The van der Waals surface area contributed by atoms with E-state index in [2.05, 4.69) is 6.92 Å². The zero-order valence-corrected chi connectivity index (χ0v) is 9.82. The Morgan fingerprint density at radius 3 is 2.20 bits per heavy atom. The Morgan fingerprint density at radius 1 is 1.27 bits per heavy atom. The molecule has 0 saturated heterocycles. The van der Waals surface area contributed by atoms with Gasteiger partial charge >= 0.3 is 6.09 Å². The van der Waals surface area contributed by atoms with Gasteiger partial charge in [-0.2, -0.15) is 0 Å². The van der Waals surface area contributed by atoms with E-state index in [0.29, 0.717) is 6.42 Å². The SMILES string of the molecule is CCCCC(CC)C(=O)N(CC)C(=O)O. The van der Waals surface area contributed by atoms with Gasteiger partial charge in [-0.25, -0.2) is 9.69 Å². The molecule has 4 nitrogen and oxygen atoms in total. The van der Waals surface area contributed by atoms with E-state index < -0.39 is 6.09 Å². The van der Waals surface area contributed by atoms with Crippen LogP contribution in [-0.4, -0.2) is 28.6 Å². The summed E-state index contributed by atoms with van der Waals surface area (Å²) in [7, 11) is 0. The molecule has 2 amide bonds. The first-order valence-electron chi connectivity index (χ1n) is 5.62. The number of rotatable bonds is 6. The summed E-state index contributed by atoms with van der Waals surface area (Å²) in [4.78, 5) is 23.5. The number of hydrogen-bond donors (Lipinski definition) is 1. The van der Waals surface area contributed by atoms with E-state index in [9.17, 15) is 9.59 Å². The van der Waals surface area contributed by atoms with Crippen LogP contribution in [0.4, 0.5) is 4.79 Å². The van der Waals surface area contributed by atoms with Gasteiger partial charge in [0.2, 0.25) is 5.91 Å². The molecule has 0 aromatic carbocycles. The first-order valence-corrected chi connectivity index (χ1v) is 5.62. The molecular weight excluding hydrogens is 194 g/mol. The van der Waals surface area contributed by atoms with Gasteiger partial charge in [0.25, 0.3) is 0 Å². The highest BCUT2D eigenvalue weighted by molar-refractivity contribution is 5.92. The molecule has 1 unspecified atom stereocenters. The van der Waals surface area contributed by atoms with Crippen LogP contribution in [0.5, 0.6) is 0 Å². The van der Waals surface area contributed by atoms with Crippen LogP contribution in [0.2, 0.25) is 0 Å². The fourth-order valence-corrected chi connectivity index (χ4v) is 1.56. The predicted molar refractivity (Wildman–Crippen MR) is 58.7 cm³/mol. The quantitative estimate of drug-likeness (QED) is 0.741. The summed E-state index contributed by atoms with van der Waals surface area (Å²) in [6.07, 6.45) is 2.36. The van der Waals surface area contributed by atoms with E-state index in [4.69, 9.17) is 5.11 Å². The van der Waals surface area contributed by atoms with Crippen molar-refractivity contribution in [2.45, 2.75) is 46.5 Å². The number of carbonyl (C=O) groups excluding carboxylic acids is 1. The van der Waals surface area contributed by atoms with Crippen LogP contribution in [-0.2, 0) is 4.79 Å². The van der Waals surface area contributed by atoms with Crippen molar-refractivity contribution in [2.75, 3.05) is 6.54 Å². The number of imide groups is 1. The second-order valence-electron chi connectivity index (χ2n) is 3.61. The molecule has 0 rings (SSSR count). The van der Waals surface area contributed by atoms with Crippen molar-refractivity contribution < 1.29 is 14.7 Å². The molecule has 0 aliphatic rings. The fraction of sp³-hybridized carbons (Fsp3) is 0.818. The van der Waals surface area contributed by atoms with E-state index in [1.54, 1.807) is 6.92 Å². The normalized spacial score (nSPS) is 12.2. The zero-order valence-electron chi connectivity index (χ0n) is 9.82. The van der Waals surface area contributed by atoms with Crippen molar-refractivity contribution in [2.24, 2.45) is 5.92 Å². The minimum atomic E-state index is -1.14. The van der Waals surface area contributed by atoms with Crippen LogP contribution in [0, 0.1) is 5.92 Å². The summed E-state index contributed by atoms with van der Waals surface area (Å²) in [5.74, 6) is -0.387. The molecule has 1 atom stereocenters. The number of nitrogens with zero attached hydrogens (tertiary/aromatic N) is 1. The first-order chi connectivity index (χ1) is 7.08. The average molecular weight is 215 g/mol. The second kappa shape index (κ2) is 7.26. The van der Waals surface area contributed by atoms with Gasteiger partial charge in [0, 0.05) is 12.5 Å². The average Bonchev–Trinajstić information content (AvgIpc) is 2.19. The topological polar surface area (TPSA) is 57.6 Å². The molecule has 0 fully saturated rings. The lowest BCUT2D eigenvalue weighted by atomic mass is 9.98. The standard InChI is InChI=1S/C11H21NO3/c1-4-7-8-9(5-2)10(13)12(6-3)11(14)15/h9H,4-8H2,1-3H3,(H,14,15). The Labute approximate surface area is 91.3 Å². The van der Waals surface area contributed by atoms with E-state index in [-0.39, 0.29) is 18.4 Å². The van der Waals surface area contributed by atoms with Crippen LogP contribution < -0.4 is 0 Å². The molecule has 1 N–H and O–H groups in total. The third-order valence-electron chi connectivity index (χ3n) is 2.56. The molecule has 0 aliphatic heterocycles. The van der Waals surface area contributed by atoms with Crippen LogP contribution in [0.15, 0.2) is 0 Å². The Morgan fingerprint density at radius 2 is 1.87 bits per heavy atom. The van der Waals surface area contributed by atoms with Crippen LogP contribution in [0.1, 0.15) is 46.5 Å². The third kappa shape index (κ3) is 4.32. The molecular formula is C11H21NO3. The van der Waals surface area contributed by atoms with E-state index in [1.807, 2.05) is 6.92 Å². The molecule has 0 aromatic rings. The molecule has 0 aromatic heterocycles. The third-order valence-corrected chi connectivity index (χ3v) is 2.56. The highest BCUT2D eigenvalue weighted by atomic mass is 16.4. The van der Waals surface area contributed by atoms with Crippen LogP contribution >= 0.6 is 0 Å². The van der Waals surface area contributed by atoms with Crippen molar-refractivity contribution >= 4 is 12.0 Å². The van der Waals surface area contributed by atoms with Crippen molar-refractivity contribution in [3.05, 3.63) is 0 Å². The predicted octanol–water partition coefficient (Wildman–Crippen LogP) is 2.73. The smallest absolute Gasteiger partial charge is 0.414 e. The second-order valence-corrected chi connectivity index (χ2v) is 3.61. The van der Waals surface area contributed by atoms with Crippen LogP contribution in [0.25, 0.3) is 0 Å². The summed E-state index contributed by atoms with van der Waals surface area (Å²) in [5.41, 5.74) is 0. The fourth-order valence-electron chi connectivity index (χ4n) is 1.56. The molecule has 0 spiro atoms. The highest BCUT2D eigenvalue weighted by Crippen LogP contribution is 2.15. The van der Waals surface area contributed by atoms with Gasteiger partial charge in [-0.05, 0) is 19.8 Å². The maximum Gasteiger partial charge on any atom is 0.414 e. The molecule has 0 radical (unpaired) electrons. The number of unbranched alkanes of at least 4 members (excludes halogenated alkanes) is 1. The lowest BCUT2D eigenvalue weighted by Crippen LogP contribution is -2.39. The van der Waals surface area contributed by atoms with Gasteiger partial charge < -0.3 is 5.11 Å². The van der Waals surface area contributed by atoms with Gasteiger partial charge in [-0.15, -0.1) is 0 Å². The first kappa shape index (κ1) is 13.9. The largest absolute Gasteiger partial charge is 0.465 e. The number of carbonyl (C=O) groups is 2. The van der Waals surface area contributed by atoms with Crippen molar-refractivity contribution in [1.82, 2.24) is 4.90 Å². The Bertz CT molecular complexity index is 216. The summed E-state index contributed by atoms with van der Waals surface area (Å²) >= 11 is 0. The summed E-state index contributed by atoms with van der Waals surface area (Å²) in [6, 6.07) is 0. The van der Waals surface area contributed by atoms with Crippen molar-refractivity contribution in [3.8, 4) is 0 Å². The van der Waals surface area contributed by atoms with Crippen LogP contribution in [0.3, 0.4) is 0 Å². The van der Waals surface area contributed by atoms with Gasteiger partial charge in [-0.3, -0.25) is 4.79 Å². The lowest BCUT2D eigenvalue weighted by Gasteiger charge is -2.21. The van der Waals surface area contributed by atoms with E-state index in [0.717, 1.165) is 24.2 Å². The van der Waals surface area contributed by atoms with Gasteiger partial charge in [0.1, 0.15) is 0 Å². The van der Waals surface area contributed by atoms with Crippen molar-refractivity contribution in [1.29, 1.82) is 0 Å². The van der Waals surface area contributed by atoms with E-state index in [1.165, 1.54) is 0 Å². The van der Waals surface area contributed by atoms with Gasteiger partial charge in [-0.1, -0.05) is 26.7 Å². The molecule has 0 saturated carbocycles. The summed E-state index contributed by atoms with van der Waals surface area (Å²) < 4.78 is 0. The monoisotopic (exact) mass is 215 g/mol. The van der Waals surface area contributed by atoms with Gasteiger partial charge in [0.05, 0.1) is 0 Å². The van der Waals surface area contributed by atoms with Gasteiger partial charge in [0.15, 0.2) is 0 Å². The maximum absolute atomic E-state index is 11.8. The van der Waals surface area contributed by atoms with Crippen molar-refractivity contribution in [3.63, 3.8) is 0 Å². The molecule has 0 aliphatic carbocycles. The summed E-state index contributed by atoms with van der Waals surface area (Å²) in [6.45, 7) is 5.90. The maximum atomic E-state index is 11.8. The molecule has 0 bridgehead atoms.